The van der Waals surface area contributed by atoms with Gasteiger partial charge in [0, 0.05) is 37.6 Å². The Hall–Kier alpha value is -5.39. The maximum absolute atomic E-state index is 15.6. The lowest BCUT2D eigenvalue weighted by atomic mass is 9.60. The SMILES string of the molecule is COCCOCCN1CC2C3=c4c5c6c7c(cc8cc9cc%10cc%11cc%12c%13c(c4c4c5c5c7c8c7c9c%10c8c%11c%13c4c8c75)=C(C3)C%12)CC62C1c1cccc(F)c1. The fourth-order valence-electron chi connectivity index (χ4n) is 15.9. The molecule has 1 spiro atoms. The summed E-state index contributed by atoms with van der Waals surface area (Å²) in [6.45, 7) is 3.58. The van der Waals surface area contributed by atoms with Crippen LogP contribution < -0.4 is 10.4 Å². The molecule has 0 aromatic heterocycles. The van der Waals surface area contributed by atoms with Gasteiger partial charge in [-0.05, 0) is 201 Å². The minimum absolute atomic E-state index is 0.0317. The van der Waals surface area contributed by atoms with Gasteiger partial charge >= 0.3 is 0 Å². The zero-order valence-electron chi connectivity index (χ0n) is 30.6. The molecule has 1 saturated heterocycles. The summed E-state index contributed by atoms with van der Waals surface area (Å²) in [5.74, 6) is 0.181. The summed E-state index contributed by atoms with van der Waals surface area (Å²) in [5.41, 5.74) is 8.88. The van der Waals surface area contributed by atoms with Crippen LogP contribution >= 0.6 is 0 Å². The van der Waals surface area contributed by atoms with Crippen LogP contribution in [0, 0.1) is 11.7 Å². The van der Waals surface area contributed by atoms with Crippen LogP contribution in [0.4, 0.5) is 4.39 Å². The van der Waals surface area contributed by atoms with Crippen molar-refractivity contribution in [3.8, 4) is 0 Å². The Morgan fingerprint density at radius 1 is 0.625 bits per heavy atom. The topological polar surface area (TPSA) is 21.7 Å². The quantitative estimate of drug-likeness (QED) is 0.121. The highest BCUT2D eigenvalue weighted by Crippen LogP contribution is 2.70. The first kappa shape index (κ1) is 27.2. The van der Waals surface area contributed by atoms with E-state index in [1.165, 1.54) is 59.4 Å². The van der Waals surface area contributed by atoms with Gasteiger partial charge in [-0.25, -0.2) is 4.39 Å². The van der Waals surface area contributed by atoms with E-state index in [1.807, 2.05) is 12.1 Å². The summed E-state index contributed by atoms with van der Waals surface area (Å²) >= 11 is 0. The van der Waals surface area contributed by atoms with Crippen LogP contribution in [0.2, 0.25) is 0 Å². The van der Waals surface area contributed by atoms with Crippen molar-refractivity contribution in [1.29, 1.82) is 0 Å². The van der Waals surface area contributed by atoms with Gasteiger partial charge in [-0.2, -0.15) is 0 Å². The zero-order chi connectivity index (χ0) is 35.6. The molecule has 13 aromatic rings. The molecular weight excluding hydrogens is 690 g/mol. The molecule has 4 heteroatoms. The summed E-state index contributed by atoms with van der Waals surface area (Å²) in [6, 6.07) is 20.5. The van der Waals surface area contributed by atoms with Crippen molar-refractivity contribution in [2.75, 3.05) is 40.0 Å². The lowest BCUT2D eigenvalue weighted by Crippen LogP contribution is -2.44. The van der Waals surface area contributed by atoms with Crippen LogP contribution in [0.1, 0.15) is 34.7 Å². The number of nitrogens with zero attached hydrogens (tertiary/aromatic N) is 1. The predicted octanol–water partition coefficient (Wildman–Crippen LogP) is 9.86. The first-order valence-corrected chi connectivity index (χ1v) is 20.7. The third-order valence-corrected chi connectivity index (χ3v) is 17.0. The van der Waals surface area contributed by atoms with Gasteiger partial charge in [-0.3, -0.25) is 4.90 Å². The van der Waals surface area contributed by atoms with Crippen molar-refractivity contribution in [1.82, 2.24) is 4.90 Å². The van der Waals surface area contributed by atoms with Crippen LogP contribution in [0.15, 0.2) is 54.6 Å². The molecule has 1 heterocycles. The number of hydrogen-bond donors (Lipinski definition) is 0. The highest BCUT2D eigenvalue weighted by atomic mass is 19.1. The number of halogens is 1. The average molecular weight is 720 g/mol. The fourth-order valence-corrected chi connectivity index (χ4v) is 15.9. The van der Waals surface area contributed by atoms with Crippen LogP contribution in [0.5, 0.6) is 0 Å². The Balaban J connectivity index is 1.12. The minimum atomic E-state index is -0.209. The molecule has 3 atom stereocenters. The fraction of sp³-hybridized carbons (Fsp3) is 0.231. The van der Waals surface area contributed by atoms with Crippen LogP contribution in [0.25, 0.3) is 130 Å². The van der Waals surface area contributed by atoms with Crippen molar-refractivity contribution in [3.63, 3.8) is 0 Å². The van der Waals surface area contributed by atoms with Crippen molar-refractivity contribution in [3.05, 3.63) is 93.1 Å². The highest BCUT2D eigenvalue weighted by molar-refractivity contribution is 6.63. The molecule has 56 heavy (non-hydrogen) atoms. The largest absolute Gasteiger partial charge is 0.382 e. The number of methoxy groups -OCH3 is 1. The van der Waals surface area contributed by atoms with E-state index in [9.17, 15) is 0 Å². The lowest BCUT2D eigenvalue weighted by Gasteiger charge is -2.43. The Kier molecular flexibility index (Phi) is 3.86. The van der Waals surface area contributed by atoms with Gasteiger partial charge in [0.2, 0.25) is 0 Å². The molecule has 0 radical (unpaired) electrons. The van der Waals surface area contributed by atoms with Gasteiger partial charge in [-0.15, -0.1) is 0 Å². The monoisotopic (exact) mass is 719 g/mol. The summed E-state index contributed by atoms with van der Waals surface area (Å²) in [7, 11) is 1.73. The van der Waals surface area contributed by atoms with Gasteiger partial charge in [0.05, 0.1) is 19.8 Å². The Morgan fingerprint density at radius 2 is 1.27 bits per heavy atom. The van der Waals surface area contributed by atoms with Crippen LogP contribution in [-0.2, 0) is 27.7 Å². The molecule has 262 valence electrons. The molecule has 5 aliphatic rings. The Labute approximate surface area is 317 Å². The number of fused-ring (bicyclic) bond motifs is 1. The second kappa shape index (κ2) is 7.93. The summed E-state index contributed by atoms with van der Waals surface area (Å²) < 4.78 is 27.1. The van der Waals surface area contributed by atoms with E-state index in [0.29, 0.717) is 25.7 Å². The smallest absolute Gasteiger partial charge is 0.123 e. The van der Waals surface area contributed by atoms with Crippen LogP contribution in [0.3, 0.4) is 0 Å². The lowest BCUT2D eigenvalue weighted by molar-refractivity contribution is 0.0524. The number of benzene rings is 9. The molecular formula is C52H30FNO2. The van der Waals surface area contributed by atoms with Crippen molar-refractivity contribution < 1.29 is 13.9 Å². The molecule has 18 rings (SSSR count). The molecule has 13 aromatic carbocycles. The van der Waals surface area contributed by atoms with E-state index in [1.54, 1.807) is 111 Å². The maximum atomic E-state index is 15.6. The Morgan fingerprint density at radius 3 is 2.02 bits per heavy atom. The molecule has 3 unspecified atom stereocenters. The van der Waals surface area contributed by atoms with Crippen molar-refractivity contribution in [2.24, 2.45) is 5.92 Å². The van der Waals surface area contributed by atoms with E-state index in [4.69, 9.17) is 9.47 Å². The number of likely N-dealkylation sites (tertiary alicyclic amines) is 1. The molecule has 1 aliphatic heterocycles. The summed E-state index contributed by atoms with van der Waals surface area (Å²) in [5, 5.41) is 36.8. The molecule has 0 bridgehead atoms. The zero-order valence-corrected chi connectivity index (χ0v) is 30.6. The van der Waals surface area contributed by atoms with Gasteiger partial charge in [0.25, 0.3) is 0 Å². The molecule has 0 N–H and O–H groups in total. The molecule has 0 saturated carbocycles. The molecule has 4 aliphatic carbocycles. The predicted molar refractivity (Wildman–Crippen MR) is 226 cm³/mol. The van der Waals surface area contributed by atoms with E-state index in [0.717, 1.165) is 37.9 Å². The standard InChI is InChI=1S/C52H30FNO2/c1-55-7-8-56-6-5-54-18-29-28-16-25-13-22-11-23-10-20-9-21-12-24-14-26-17-52(29,51(54)19-3-2-4-27(53)15-19)50-36(26)41-35(24)40-31(21)30(20)38-34(23)39-32(22)33(25)42-37(28)49(50)48-46(41)44(40)43(38)45(39)47(42)48/h2-4,9-12,14-15,29,51H,5-8,13,16-18H2,1H3. The number of rotatable bonds is 7. The second-order valence-electron chi connectivity index (χ2n) is 18.8. The minimum Gasteiger partial charge on any atom is -0.382 e. The first-order chi connectivity index (χ1) is 27.7. The van der Waals surface area contributed by atoms with Gasteiger partial charge in [0.1, 0.15) is 5.82 Å². The third-order valence-electron chi connectivity index (χ3n) is 17.0. The van der Waals surface area contributed by atoms with E-state index in [2.05, 4.69) is 41.3 Å². The van der Waals surface area contributed by atoms with Gasteiger partial charge < -0.3 is 9.47 Å². The van der Waals surface area contributed by atoms with Gasteiger partial charge in [0.15, 0.2) is 0 Å². The van der Waals surface area contributed by atoms with E-state index in [-0.39, 0.29) is 17.3 Å². The summed E-state index contributed by atoms with van der Waals surface area (Å²) in [6.07, 6.45) is 3.08. The highest BCUT2D eigenvalue weighted by Gasteiger charge is 2.62. The summed E-state index contributed by atoms with van der Waals surface area (Å²) in [4.78, 5) is 2.71. The third kappa shape index (κ3) is 2.31. The first-order valence-electron chi connectivity index (χ1n) is 20.7. The normalized spacial score (nSPS) is 23.2. The maximum Gasteiger partial charge on any atom is 0.123 e. The Bertz CT molecular complexity index is 4100. The molecule has 1 fully saturated rings. The van der Waals surface area contributed by atoms with Crippen LogP contribution in [-0.4, -0.2) is 44.9 Å². The van der Waals surface area contributed by atoms with E-state index < -0.39 is 0 Å². The van der Waals surface area contributed by atoms with E-state index >= 15 is 4.39 Å². The van der Waals surface area contributed by atoms with Crippen molar-refractivity contribution >= 4 is 130 Å². The van der Waals surface area contributed by atoms with Gasteiger partial charge in [-0.1, -0.05) is 35.4 Å². The average Bonchev–Trinajstić information content (AvgIpc) is 4.05. The molecule has 0 amide bonds. The second-order valence-corrected chi connectivity index (χ2v) is 18.8. The number of ether oxygens (including phenoxy) is 2. The molecule has 3 nitrogen and oxygen atoms in total. The van der Waals surface area contributed by atoms with Crippen molar-refractivity contribution in [2.45, 2.75) is 30.7 Å². The number of hydrogen-bond acceptors (Lipinski definition) is 3.